The van der Waals surface area contributed by atoms with Gasteiger partial charge in [0.25, 0.3) is 5.56 Å². The minimum atomic E-state index is 0.0461. The first kappa shape index (κ1) is 14.6. The van der Waals surface area contributed by atoms with E-state index in [0.29, 0.717) is 5.39 Å². The molecule has 3 heterocycles. The van der Waals surface area contributed by atoms with Gasteiger partial charge in [0, 0.05) is 24.7 Å². The van der Waals surface area contributed by atoms with Gasteiger partial charge in [0.1, 0.15) is 11.5 Å². The van der Waals surface area contributed by atoms with Crippen LogP contribution < -0.4 is 5.56 Å². The summed E-state index contributed by atoms with van der Waals surface area (Å²) in [7, 11) is 0. The molecule has 1 aliphatic rings. The van der Waals surface area contributed by atoms with Crippen molar-refractivity contribution >= 4 is 10.9 Å². The number of hydrogen-bond acceptors (Lipinski definition) is 3. The SMILES string of the molecule is CC1(C)Cc2nc3cc(C#Cc4ccccn4)ccc3c(=O)n2C1. The summed E-state index contributed by atoms with van der Waals surface area (Å²) in [5.41, 5.74) is 2.41. The summed E-state index contributed by atoms with van der Waals surface area (Å²) in [4.78, 5) is 21.6. The number of nitrogens with zero attached hydrogens (tertiary/aromatic N) is 3. The van der Waals surface area contributed by atoms with Gasteiger partial charge in [-0.2, -0.15) is 0 Å². The standard InChI is InChI=1S/C20H17N3O/c1-20(2)12-18-22-17-11-14(6-8-15-5-3-4-10-21-15)7-9-16(17)19(24)23(18)13-20/h3-5,7,9-11H,12-13H2,1-2H3. The molecule has 0 amide bonds. The third kappa shape index (κ3) is 2.59. The highest BCUT2D eigenvalue weighted by atomic mass is 16.1. The molecule has 1 aromatic carbocycles. The Balaban J connectivity index is 1.79. The fraction of sp³-hybridized carbons (Fsp3) is 0.250. The fourth-order valence-corrected chi connectivity index (χ4v) is 3.13. The van der Waals surface area contributed by atoms with Crippen LogP contribution in [0, 0.1) is 17.3 Å². The van der Waals surface area contributed by atoms with Crippen molar-refractivity contribution in [2.24, 2.45) is 5.41 Å². The Hall–Kier alpha value is -2.93. The number of rotatable bonds is 0. The Morgan fingerprint density at radius 1 is 1.17 bits per heavy atom. The van der Waals surface area contributed by atoms with E-state index in [1.807, 2.05) is 41.0 Å². The van der Waals surface area contributed by atoms with E-state index in [-0.39, 0.29) is 11.0 Å². The summed E-state index contributed by atoms with van der Waals surface area (Å²) in [6.07, 6.45) is 2.54. The molecule has 4 rings (SSSR count). The minimum Gasteiger partial charge on any atom is -0.296 e. The van der Waals surface area contributed by atoms with Gasteiger partial charge in [0.15, 0.2) is 0 Å². The van der Waals surface area contributed by atoms with Crippen LogP contribution in [0.2, 0.25) is 0 Å². The molecule has 4 heteroatoms. The number of aromatic nitrogens is 3. The Morgan fingerprint density at radius 2 is 2.04 bits per heavy atom. The van der Waals surface area contributed by atoms with Crippen LogP contribution in [0.5, 0.6) is 0 Å². The maximum atomic E-state index is 12.7. The largest absolute Gasteiger partial charge is 0.296 e. The maximum Gasteiger partial charge on any atom is 0.261 e. The van der Waals surface area contributed by atoms with Crippen molar-refractivity contribution in [3.8, 4) is 11.8 Å². The van der Waals surface area contributed by atoms with Gasteiger partial charge in [-0.3, -0.25) is 9.36 Å². The highest BCUT2D eigenvalue weighted by molar-refractivity contribution is 5.79. The first-order valence-corrected chi connectivity index (χ1v) is 7.98. The van der Waals surface area contributed by atoms with Gasteiger partial charge in [-0.15, -0.1) is 0 Å². The third-order valence-corrected chi connectivity index (χ3v) is 4.26. The second-order valence-electron chi connectivity index (χ2n) is 6.96. The molecule has 3 aromatic rings. The second-order valence-corrected chi connectivity index (χ2v) is 6.96. The van der Waals surface area contributed by atoms with Crippen molar-refractivity contribution in [1.29, 1.82) is 0 Å². The quantitative estimate of drug-likeness (QED) is 0.599. The first-order chi connectivity index (χ1) is 11.5. The molecular formula is C20H17N3O. The molecule has 0 N–H and O–H groups in total. The molecular weight excluding hydrogens is 298 g/mol. The van der Waals surface area contributed by atoms with E-state index in [1.54, 1.807) is 6.20 Å². The Kier molecular flexibility index (Phi) is 3.24. The van der Waals surface area contributed by atoms with Crippen molar-refractivity contribution in [1.82, 2.24) is 14.5 Å². The van der Waals surface area contributed by atoms with E-state index in [1.165, 1.54) is 0 Å². The van der Waals surface area contributed by atoms with Gasteiger partial charge in [0.05, 0.1) is 10.9 Å². The monoisotopic (exact) mass is 315 g/mol. The second kappa shape index (κ2) is 5.31. The van der Waals surface area contributed by atoms with Crippen molar-refractivity contribution in [2.45, 2.75) is 26.8 Å². The number of hydrogen-bond donors (Lipinski definition) is 0. The molecule has 2 aromatic heterocycles. The highest BCUT2D eigenvalue weighted by Crippen LogP contribution is 2.29. The molecule has 0 radical (unpaired) electrons. The predicted molar refractivity (Wildman–Crippen MR) is 93.7 cm³/mol. The normalized spacial score (nSPS) is 14.9. The lowest BCUT2D eigenvalue weighted by atomic mass is 9.92. The summed E-state index contributed by atoms with van der Waals surface area (Å²) >= 11 is 0. The average molecular weight is 315 g/mol. The van der Waals surface area contributed by atoms with Crippen molar-refractivity contribution < 1.29 is 0 Å². The van der Waals surface area contributed by atoms with Crippen LogP contribution >= 0.6 is 0 Å². The summed E-state index contributed by atoms with van der Waals surface area (Å²) in [6.45, 7) is 5.05. The van der Waals surface area contributed by atoms with Crippen molar-refractivity contribution in [3.63, 3.8) is 0 Å². The van der Waals surface area contributed by atoms with Gasteiger partial charge >= 0.3 is 0 Å². The van der Waals surface area contributed by atoms with Crippen molar-refractivity contribution in [3.05, 3.63) is 70.0 Å². The zero-order chi connectivity index (χ0) is 16.7. The van der Waals surface area contributed by atoms with Crippen LogP contribution in [-0.2, 0) is 13.0 Å². The van der Waals surface area contributed by atoms with Gasteiger partial charge in [-0.25, -0.2) is 9.97 Å². The van der Waals surface area contributed by atoms with Gasteiger partial charge < -0.3 is 0 Å². The number of benzene rings is 1. The molecule has 1 aliphatic heterocycles. The summed E-state index contributed by atoms with van der Waals surface area (Å²) in [5, 5.41) is 0.653. The van der Waals surface area contributed by atoms with Crippen LogP contribution in [-0.4, -0.2) is 14.5 Å². The Bertz CT molecular complexity index is 1050. The van der Waals surface area contributed by atoms with Crippen LogP contribution in [0.15, 0.2) is 47.4 Å². The van der Waals surface area contributed by atoms with Gasteiger partial charge in [-0.1, -0.05) is 25.8 Å². The van der Waals surface area contributed by atoms with Gasteiger partial charge in [0.2, 0.25) is 0 Å². The first-order valence-electron chi connectivity index (χ1n) is 7.98. The zero-order valence-corrected chi connectivity index (χ0v) is 13.7. The lowest BCUT2D eigenvalue weighted by molar-refractivity contribution is 0.357. The topological polar surface area (TPSA) is 47.8 Å². The summed E-state index contributed by atoms with van der Waals surface area (Å²) in [5.74, 6) is 7.00. The van der Waals surface area contributed by atoms with Crippen molar-refractivity contribution in [2.75, 3.05) is 0 Å². The Morgan fingerprint density at radius 3 is 2.83 bits per heavy atom. The number of fused-ring (bicyclic) bond motifs is 2. The smallest absolute Gasteiger partial charge is 0.261 e. The lowest BCUT2D eigenvalue weighted by Crippen LogP contribution is -2.23. The van der Waals surface area contributed by atoms with Crippen LogP contribution in [0.3, 0.4) is 0 Å². The number of pyridine rings is 1. The van der Waals surface area contributed by atoms with Crippen LogP contribution in [0.1, 0.15) is 30.9 Å². The predicted octanol–water partition coefficient (Wildman–Crippen LogP) is 2.77. The lowest BCUT2D eigenvalue weighted by Gasteiger charge is -2.13. The maximum absolute atomic E-state index is 12.7. The minimum absolute atomic E-state index is 0.0461. The molecule has 0 unspecified atom stereocenters. The fourth-order valence-electron chi connectivity index (χ4n) is 3.13. The van der Waals surface area contributed by atoms with E-state index < -0.39 is 0 Å². The Labute approximate surface area is 140 Å². The molecule has 24 heavy (non-hydrogen) atoms. The molecule has 0 spiro atoms. The van der Waals surface area contributed by atoms with E-state index in [9.17, 15) is 4.79 Å². The van der Waals surface area contributed by atoms with Gasteiger partial charge in [-0.05, 0) is 41.7 Å². The average Bonchev–Trinajstić information content (AvgIpc) is 2.88. The molecule has 0 saturated heterocycles. The molecule has 4 nitrogen and oxygen atoms in total. The molecule has 0 bridgehead atoms. The van der Waals surface area contributed by atoms with E-state index in [4.69, 9.17) is 4.98 Å². The molecule has 118 valence electrons. The third-order valence-electron chi connectivity index (χ3n) is 4.26. The zero-order valence-electron chi connectivity index (χ0n) is 13.7. The van der Waals surface area contributed by atoms with E-state index >= 15 is 0 Å². The van der Waals surface area contributed by atoms with E-state index in [2.05, 4.69) is 30.7 Å². The molecule has 0 atom stereocenters. The van der Waals surface area contributed by atoms with E-state index in [0.717, 1.165) is 35.6 Å². The molecule has 0 fully saturated rings. The summed E-state index contributed by atoms with van der Waals surface area (Å²) in [6, 6.07) is 11.2. The molecule has 0 aliphatic carbocycles. The van der Waals surface area contributed by atoms with Crippen LogP contribution in [0.4, 0.5) is 0 Å². The highest BCUT2D eigenvalue weighted by Gasteiger charge is 2.30. The van der Waals surface area contributed by atoms with Crippen LogP contribution in [0.25, 0.3) is 10.9 Å². The molecule has 0 saturated carbocycles. The summed E-state index contributed by atoms with van der Waals surface area (Å²) < 4.78 is 1.81.